The van der Waals surface area contributed by atoms with Crippen LogP contribution in [0.1, 0.15) is 5.56 Å². The number of ether oxygens (including phenoxy) is 2. The highest BCUT2D eigenvalue weighted by atomic mass is 19.4. The van der Waals surface area contributed by atoms with Gasteiger partial charge in [-0.1, -0.05) is 6.07 Å². The molecule has 12 heteroatoms. The van der Waals surface area contributed by atoms with Crippen LogP contribution in [0.15, 0.2) is 23.2 Å². The number of benzene rings is 1. The molecular formula is C14H12F6N2O4. The number of alkyl halides is 6. The summed E-state index contributed by atoms with van der Waals surface area (Å²) in [4.78, 5) is 15.7. The fourth-order valence-corrected chi connectivity index (χ4v) is 2.09. The molecule has 1 N–H and O–H groups in total. The second-order valence-electron chi connectivity index (χ2n) is 5.22. The van der Waals surface area contributed by atoms with Crippen LogP contribution in [0.4, 0.5) is 32.0 Å². The van der Waals surface area contributed by atoms with Crippen molar-refractivity contribution in [2.45, 2.75) is 18.0 Å². The van der Waals surface area contributed by atoms with E-state index in [0.29, 0.717) is 12.1 Å². The Morgan fingerprint density at radius 1 is 1.23 bits per heavy atom. The van der Waals surface area contributed by atoms with E-state index in [9.17, 15) is 31.1 Å². The van der Waals surface area contributed by atoms with Gasteiger partial charge in [-0.15, -0.1) is 0 Å². The average Bonchev–Trinajstić information content (AvgIpc) is 2.98. The summed E-state index contributed by atoms with van der Waals surface area (Å²) in [5.41, 5.74) is -1.48. The van der Waals surface area contributed by atoms with Gasteiger partial charge >= 0.3 is 18.0 Å². The zero-order chi connectivity index (χ0) is 19.9. The number of nitrogens with zero attached hydrogens (tertiary/aromatic N) is 2. The van der Waals surface area contributed by atoms with Gasteiger partial charge in [0, 0.05) is 12.6 Å². The Morgan fingerprint density at radius 3 is 2.31 bits per heavy atom. The molecule has 0 fully saturated rings. The summed E-state index contributed by atoms with van der Waals surface area (Å²) in [7, 11) is 2.36. The molecule has 1 aliphatic rings. The Hall–Kier alpha value is -2.50. The number of amidine groups is 1. The predicted octanol–water partition coefficient (Wildman–Crippen LogP) is 2.36. The second kappa shape index (κ2) is 6.34. The van der Waals surface area contributed by atoms with Crippen molar-refractivity contribution < 1.29 is 45.7 Å². The van der Waals surface area contributed by atoms with E-state index in [1.165, 1.54) is 7.05 Å². The average molecular weight is 386 g/mol. The number of carbonyl (C=O) groups excluding carboxylic acids is 1. The first-order valence-electron chi connectivity index (χ1n) is 6.85. The summed E-state index contributed by atoms with van der Waals surface area (Å²) in [6.45, 7) is -0.335. The highest BCUT2D eigenvalue weighted by molar-refractivity contribution is 6.04. The van der Waals surface area contributed by atoms with Gasteiger partial charge in [-0.2, -0.15) is 31.3 Å². The van der Waals surface area contributed by atoms with Crippen LogP contribution in [0, 0.1) is 0 Å². The second-order valence-corrected chi connectivity index (χ2v) is 5.22. The van der Waals surface area contributed by atoms with Crippen LogP contribution in [0.2, 0.25) is 0 Å². The lowest BCUT2D eigenvalue weighted by molar-refractivity contribution is -0.390. The molecule has 0 spiro atoms. The van der Waals surface area contributed by atoms with Crippen LogP contribution in [0.3, 0.4) is 0 Å². The van der Waals surface area contributed by atoms with Gasteiger partial charge in [-0.3, -0.25) is 9.69 Å². The van der Waals surface area contributed by atoms with E-state index in [0.717, 1.165) is 18.1 Å². The van der Waals surface area contributed by atoms with Crippen LogP contribution in [-0.4, -0.2) is 49.8 Å². The number of carbonyl (C=O) groups is 1. The number of halogens is 6. The first-order valence-corrected chi connectivity index (χ1v) is 6.85. The topological polar surface area (TPSA) is 71.4 Å². The van der Waals surface area contributed by atoms with E-state index in [1.807, 2.05) is 0 Å². The van der Waals surface area contributed by atoms with Gasteiger partial charge in [0.15, 0.2) is 6.61 Å². The van der Waals surface area contributed by atoms with Crippen molar-refractivity contribution in [3.05, 3.63) is 23.8 Å². The lowest BCUT2D eigenvalue weighted by Crippen LogP contribution is -2.53. The van der Waals surface area contributed by atoms with Crippen molar-refractivity contribution in [3.8, 4) is 5.75 Å². The van der Waals surface area contributed by atoms with Crippen molar-refractivity contribution in [3.63, 3.8) is 0 Å². The highest BCUT2D eigenvalue weighted by Gasteiger charge is 2.71. The van der Waals surface area contributed by atoms with E-state index >= 15 is 0 Å². The fraction of sp³-hybridized carbons (Fsp3) is 0.429. The van der Waals surface area contributed by atoms with Crippen molar-refractivity contribution in [2.24, 2.45) is 4.99 Å². The number of rotatable bonds is 4. The molecule has 0 bridgehead atoms. The molecule has 0 saturated carbocycles. The first-order chi connectivity index (χ1) is 11.8. The molecule has 0 saturated heterocycles. The van der Waals surface area contributed by atoms with Crippen molar-refractivity contribution in [1.82, 2.24) is 0 Å². The Balaban J connectivity index is 2.46. The molecule has 2 rings (SSSR count). The highest BCUT2D eigenvalue weighted by Crippen LogP contribution is 2.50. The third-order valence-electron chi connectivity index (χ3n) is 3.53. The quantitative estimate of drug-likeness (QED) is 0.805. The summed E-state index contributed by atoms with van der Waals surface area (Å²) in [6.07, 6.45) is -6.23. The lowest BCUT2D eigenvalue weighted by atomic mass is 9.99. The molecule has 0 aliphatic carbocycles. The molecule has 1 unspecified atom stereocenters. The summed E-state index contributed by atoms with van der Waals surface area (Å²) >= 11 is 0. The number of aliphatic hydroxyl groups is 1. The maximum atomic E-state index is 13.9. The zero-order valence-electron chi connectivity index (χ0n) is 13.3. The summed E-state index contributed by atoms with van der Waals surface area (Å²) in [5.74, 6) is -12.1. The number of hydrogen-bond acceptors (Lipinski definition) is 5. The van der Waals surface area contributed by atoms with Gasteiger partial charge in [0.1, 0.15) is 5.75 Å². The van der Waals surface area contributed by atoms with Gasteiger partial charge < -0.3 is 14.6 Å². The van der Waals surface area contributed by atoms with Gasteiger partial charge in [-0.25, -0.2) is 0 Å². The van der Waals surface area contributed by atoms with E-state index in [4.69, 9.17) is 14.6 Å². The number of methoxy groups -OCH3 is 1. The number of amides is 1. The van der Waals surface area contributed by atoms with Crippen LogP contribution >= 0.6 is 0 Å². The van der Waals surface area contributed by atoms with Gasteiger partial charge in [0.25, 0.3) is 11.9 Å². The fourth-order valence-electron chi connectivity index (χ4n) is 2.09. The molecule has 144 valence electrons. The third kappa shape index (κ3) is 3.16. The van der Waals surface area contributed by atoms with Crippen molar-refractivity contribution >= 4 is 17.6 Å². The minimum atomic E-state index is -6.23. The SMILES string of the molecule is COc1cc(C(F)(F)C(O)(F)C(F)(F)F)ccc1N(C)C1=NC(=O)CO1. The van der Waals surface area contributed by atoms with E-state index in [1.54, 1.807) is 0 Å². The number of aliphatic imine (C=N–C) groups is 1. The maximum Gasteiger partial charge on any atom is 0.455 e. The van der Waals surface area contributed by atoms with Crippen LogP contribution in [0.5, 0.6) is 5.75 Å². The lowest BCUT2D eigenvalue weighted by Gasteiger charge is -2.31. The summed E-state index contributed by atoms with van der Waals surface area (Å²) < 4.78 is 88.3. The van der Waals surface area contributed by atoms with E-state index in [-0.39, 0.29) is 18.3 Å². The first kappa shape index (κ1) is 19.8. The Morgan fingerprint density at radius 2 is 1.85 bits per heavy atom. The Bertz CT molecular complexity index is 747. The van der Waals surface area contributed by atoms with Gasteiger partial charge in [0.05, 0.1) is 12.8 Å². The van der Waals surface area contributed by atoms with Crippen molar-refractivity contribution in [1.29, 1.82) is 0 Å². The Kier molecular flexibility index (Phi) is 4.83. The monoisotopic (exact) mass is 386 g/mol. The van der Waals surface area contributed by atoms with Gasteiger partial charge in [-0.05, 0) is 12.1 Å². The molecule has 1 heterocycles. The Labute approximate surface area is 142 Å². The molecule has 6 nitrogen and oxygen atoms in total. The van der Waals surface area contributed by atoms with E-state index in [2.05, 4.69) is 4.99 Å². The standard InChI is InChI=1S/C14H12F6N2O4/c1-22(11-21-10(23)6-26-11)8-4-3-7(5-9(8)25-2)12(15,16)13(17,24)14(18,19)20/h3-5,24H,6H2,1-2H3. The number of hydrogen-bond donors (Lipinski definition) is 1. The molecular weight excluding hydrogens is 374 g/mol. The molecule has 1 amide bonds. The number of anilines is 1. The molecule has 1 aliphatic heterocycles. The van der Waals surface area contributed by atoms with E-state index < -0.39 is 35.2 Å². The summed E-state index contributed by atoms with van der Waals surface area (Å²) in [5, 5.41) is 8.71. The van der Waals surface area contributed by atoms with Crippen LogP contribution in [-0.2, 0) is 15.5 Å². The molecule has 26 heavy (non-hydrogen) atoms. The van der Waals surface area contributed by atoms with Crippen LogP contribution in [0.25, 0.3) is 0 Å². The molecule has 1 aromatic carbocycles. The van der Waals surface area contributed by atoms with Crippen molar-refractivity contribution in [2.75, 3.05) is 25.7 Å². The van der Waals surface area contributed by atoms with Crippen LogP contribution < -0.4 is 9.64 Å². The normalized spacial score (nSPS) is 17.4. The minimum Gasteiger partial charge on any atom is -0.495 e. The molecule has 0 radical (unpaired) electrons. The predicted molar refractivity (Wildman–Crippen MR) is 75.8 cm³/mol. The molecule has 1 atom stereocenters. The molecule has 1 aromatic rings. The molecule has 0 aromatic heterocycles. The smallest absolute Gasteiger partial charge is 0.455 e. The maximum absolute atomic E-state index is 13.9. The minimum absolute atomic E-state index is 0.00472. The third-order valence-corrected chi connectivity index (χ3v) is 3.53. The zero-order valence-corrected chi connectivity index (χ0v) is 13.3. The summed E-state index contributed by atoms with van der Waals surface area (Å²) in [6, 6.07) is 1.59. The largest absolute Gasteiger partial charge is 0.495 e. The van der Waals surface area contributed by atoms with Gasteiger partial charge in [0.2, 0.25) is 0 Å².